The summed E-state index contributed by atoms with van der Waals surface area (Å²) in [6.07, 6.45) is 0. The monoisotopic (exact) mass is 260 g/mol. The topological polar surface area (TPSA) is 18.5 Å². The number of methoxy groups -OCH3 is 1. The predicted molar refractivity (Wildman–Crippen MR) is 73.6 cm³/mol. The molecular weight excluding hydrogens is 243 g/mol. The molecule has 0 aliphatic heterocycles. The molecule has 2 aromatic carbocycles. The Bertz CT molecular complexity index is 564. The van der Waals surface area contributed by atoms with Crippen LogP contribution in [-0.4, -0.2) is 7.11 Å². The molecule has 0 radical (unpaired) electrons. The SMILES string of the molecule is COc1cccc(Oc2ccc(C(C)C)cc2F)c1. The lowest BCUT2D eigenvalue weighted by atomic mass is 10.0. The molecule has 0 bridgehead atoms. The molecule has 2 aromatic rings. The van der Waals surface area contributed by atoms with Gasteiger partial charge in [-0.1, -0.05) is 26.0 Å². The lowest BCUT2D eigenvalue weighted by Crippen LogP contribution is -1.93. The number of benzene rings is 2. The van der Waals surface area contributed by atoms with Crippen molar-refractivity contribution in [2.75, 3.05) is 7.11 Å². The largest absolute Gasteiger partial charge is 0.497 e. The van der Waals surface area contributed by atoms with Crippen LogP contribution in [0, 0.1) is 5.82 Å². The third-order valence-electron chi connectivity index (χ3n) is 2.89. The van der Waals surface area contributed by atoms with Gasteiger partial charge in [0, 0.05) is 6.07 Å². The zero-order valence-corrected chi connectivity index (χ0v) is 11.3. The van der Waals surface area contributed by atoms with E-state index in [0.29, 0.717) is 17.4 Å². The van der Waals surface area contributed by atoms with E-state index in [-0.39, 0.29) is 11.6 Å². The minimum absolute atomic E-state index is 0.220. The van der Waals surface area contributed by atoms with E-state index in [4.69, 9.17) is 9.47 Å². The molecule has 0 amide bonds. The van der Waals surface area contributed by atoms with Gasteiger partial charge in [-0.3, -0.25) is 0 Å². The Balaban J connectivity index is 2.23. The Morgan fingerprint density at radius 2 is 1.74 bits per heavy atom. The first-order valence-corrected chi connectivity index (χ1v) is 6.21. The van der Waals surface area contributed by atoms with Crippen molar-refractivity contribution in [3.63, 3.8) is 0 Å². The van der Waals surface area contributed by atoms with Crippen molar-refractivity contribution in [2.45, 2.75) is 19.8 Å². The molecule has 0 aliphatic rings. The molecule has 0 saturated carbocycles. The normalized spacial score (nSPS) is 10.6. The van der Waals surface area contributed by atoms with Crippen molar-refractivity contribution in [1.82, 2.24) is 0 Å². The van der Waals surface area contributed by atoms with Gasteiger partial charge in [0.1, 0.15) is 11.5 Å². The summed E-state index contributed by atoms with van der Waals surface area (Å²) in [7, 11) is 1.58. The zero-order valence-electron chi connectivity index (χ0n) is 11.3. The van der Waals surface area contributed by atoms with Crippen LogP contribution in [0.1, 0.15) is 25.3 Å². The van der Waals surface area contributed by atoms with Gasteiger partial charge in [0.15, 0.2) is 11.6 Å². The Morgan fingerprint density at radius 1 is 1.00 bits per heavy atom. The standard InChI is InChI=1S/C16H17FO2/c1-11(2)12-7-8-16(15(17)9-12)19-14-6-4-5-13(10-14)18-3/h4-11H,1-3H3. The number of rotatable bonds is 4. The Morgan fingerprint density at radius 3 is 2.37 bits per heavy atom. The zero-order chi connectivity index (χ0) is 13.8. The summed E-state index contributed by atoms with van der Waals surface area (Å²) in [5.41, 5.74) is 0.954. The summed E-state index contributed by atoms with van der Waals surface area (Å²) in [6.45, 7) is 4.05. The van der Waals surface area contributed by atoms with Gasteiger partial charge >= 0.3 is 0 Å². The van der Waals surface area contributed by atoms with Crippen molar-refractivity contribution < 1.29 is 13.9 Å². The molecule has 100 valence electrons. The first-order valence-electron chi connectivity index (χ1n) is 6.21. The smallest absolute Gasteiger partial charge is 0.166 e. The maximum atomic E-state index is 13.9. The summed E-state index contributed by atoms with van der Waals surface area (Å²) >= 11 is 0. The van der Waals surface area contributed by atoms with Gasteiger partial charge in [0.25, 0.3) is 0 Å². The van der Waals surface area contributed by atoms with Gasteiger partial charge in [0.05, 0.1) is 7.11 Å². The predicted octanol–water partition coefficient (Wildman–Crippen LogP) is 4.75. The van der Waals surface area contributed by atoms with Crippen molar-refractivity contribution in [1.29, 1.82) is 0 Å². The van der Waals surface area contributed by atoms with Gasteiger partial charge in [-0.25, -0.2) is 4.39 Å². The van der Waals surface area contributed by atoms with E-state index >= 15 is 0 Å². The highest BCUT2D eigenvalue weighted by Crippen LogP contribution is 2.29. The molecule has 2 nitrogen and oxygen atoms in total. The fourth-order valence-electron chi connectivity index (χ4n) is 1.75. The van der Waals surface area contributed by atoms with E-state index in [9.17, 15) is 4.39 Å². The van der Waals surface area contributed by atoms with Crippen LogP contribution in [0.2, 0.25) is 0 Å². The van der Waals surface area contributed by atoms with Crippen LogP contribution in [0.25, 0.3) is 0 Å². The maximum absolute atomic E-state index is 13.9. The highest BCUT2D eigenvalue weighted by Gasteiger charge is 2.08. The lowest BCUT2D eigenvalue weighted by Gasteiger charge is -2.10. The first kappa shape index (κ1) is 13.4. The Labute approximate surface area is 112 Å². The molecule has 0 aromatic heterocycles. The Kier molecular flexibility index (Phi) is 4.05. The molecular formula is C16H17FO2. The second-order valence-corrected chi connectivity index (χ2v) is 4.63. The van der Waals surface area contributed by atoms with Crippen LogP contribution in [0.5, 0.6) is 17.2 Å². The fraction of sp³-hybridized carbons (Fsp3) is 0.250. The van der Waals surface area contributed by atoms with E-state index in [1.165, 1.54) is 6.07 Å². The van der Waals surface area contributed by atoms with Crippen LogP contribution in [-0.2, 0) is 0 Å². The minimum atomic E-state index is -0.353. The summed E-state index contributed by atoms with van der Waals surface area (Å²) < 4.78 is 24.6. The number of hydrogen-bond donors (Lipinski definition) is 0. The maximum Gasteiger partial charge on any atom is 0.166 e. The molecule has 0 aliphatic carbocycles. The van der Waals surface area contributed by atoms with Crippen LogP contribution in [0.3, 0.4) is 0 Å². The van der Waals surface area contributed by atoms with Gasteiger partial charge in [-0.2, -0.15) is 0 Å². The van der Waals surface area contributed by atoms with E-state index in [0.717, 1.165) is 5.56 Å². The molecule has 19 heavy (non-hydrogen) atoms. The Hall–Kier alpha value is -2.03. The summed E-state index contributed by atoms with van der Waals surface area (Å²) in [4.78, 5) is 0. The van der Waals surface area contributed by atoms with Crippen molar-refractivity contribution in [3.8, 4) is 17.2 Å². The highest BCUT2D eigenvalue weighted by atomic mass is 19.1. The summed E-state index contributed by atoms with van der Waals surface area (Å²) in [6, 6.07) is 12.1. The van der Waals surface area contributed by atoms with Crippen LogP contribution >= 0.6 is 0 Å². The van der Waals surface area contributed by atoms with Gasteiger partial charge in [0.2, 0.25) is 0 Å². The summed E-state index contributed by atoms with van der Waals surface area (Å²) in [5, 5.41) is 0. The first-order chi connectivity index (χ1) is 9.10. The summed E-state index contributed by atoms with van der Waals surface area (Å²) in [5.74, 6) is 1.39. The van der Waals surface area contributed by atoms with Gasteiger partial charge < -0.3 is 9.47 Å². The van der Waals surface area contributed by atoms with Crippen LogP contribution in [0.15, 0.2) is 42.5 Å². The van der Waals surface area contributed by atoms with Crippen LogP contribution < -0.4 is 9.47 Å². The second kappa shape index (κ2) is 5.74. The third-order valence-corrected chi connectivity index (χ3v) is 2.89. The van der Waals surface area contributed by atoms with E-state index in [1.807, 2.05) is 26.0 Å². The number of ether oxygens (including phenoxy) is 2. The average Bonchev–Trinajstić information content (AvgIpc) is 2.41. The molecule has 0 unspecified atom stereocenters. The molecule has 3 heteroatoms. The van der Waals surface area contributed by atoms with Crippen molar-refractivity contribution >= 4 is 0 Å². The van der Waals surface area contributed by atoms with E-state index in [1.54, 1.807) is 31.4 Å². The molecule has 0 spiro atoms. The van der Waals surface area contributed by atoms with E-state index < -0.39 is 0 Å². The molecule has 0 heterocycles. The van der Waals surface area contributed by atoms with Crippen molar-refractivity contribution in [2.24, 2.45) is 0 Å². The molecule has 0 atom stereocenters. The molecule has 2 rings (SSSR count). The molecule has 0 N–H and O–H groups in total. The highest BCUT2D eigenvalue weighted by molar-refractivity contribution is 5.38. The fourth-order valence-corrected chi connectivity index (χ4v) is 1.75. The average molecular weight is 260 g/mol. The number of halogens is 1. The quantitative estimate of drug-likeness (QED) is 0.789. The third kappa shape index (κ3) is 3.25. The van der Waals surface area contributed by atoms with Gasteiger partial charge in [-0.05, 0) is 35.7 Å². The molecule has 0 fully saturated rings. The number of hydrogen-bond acceptors (Lipinski definition) is 2. The van der Waals surface area contributed by atoms with Crippen molar-refractivity contribution in [3.05, 3.63) is 53.8 Å². The lowest BCUT2D eigenvalue weighted by molar-refractivity contribution is 0.405. The minimum Gasteiger partial charge on any atom is -0.497 e. The van der Waals surface area contributed by atoms with Crippen LogP contribution in [0.4, 0.5) is 4.39 Å². The molecule has 0 saturated heterocycles. The second-order valence-electron chi connectivity index (χ2n) is 4.63. The van der Waals surface area contributed by atoms with E-state index in [2.05, 4.69) is 0 Å². The van der Waals surface area contributed by atoms with Gasteiger partial charge in [-0.15, -0.1) is 0 Å².